The largest absolute Gasteiger partial charge is 0.291 e. The minimum atomic E-state index is 0.956. The van der Waals surface area contributed by atoms with Crippen molar-refractivity contribution in [1.82, 2.24) is 20.4 Å². The summed E-state index contributed by atoms with van der Waals surface area (Å²) in [5.74, 6) is 0. The van der Waals surface area contributed by atoms with Crippen LogP contribution in [0.2, 0.25) is 0 Å². The predicted octanol–water partition coefficient (Wildman–Crippen LogP) is -1.13. The van der Waals surface area contributed by atoms with E-state index < -0.39 is 0 Å². The fourth-order valence-corrected chi connectivity index (χ4v) is 0.975. The molecular weight excluding hydrogens is 128 g/mol. The van der Waals surface area contributed by atoms with E-state index in [4.69, 9.17) is 0 Å². The molecule has 0 saturated carbocycles. The highest BCUT2D eigenvalue weighted by Crippen LogP contribution is 1.82. The summed E-state index contributed by atoms with van der Waals surface area (Å²) in [7, 11) is 4.18. The van der Waals surface area contributed by atoms with Gasteiger partial charge >= 0.3 is 0 Å². The van der Waals surface area contributed by atoms with Crippen LogP contribution >= 0.6 is 0 Å². The quantitative estimate of drug-likeness (QED) is 0.450. The molecule has 1 aliphatic rings. The van der Waals surface area contributed by atoms with Crippen molar-refractivity contribution < 1.29 is 0 Å². The van der Waals surface area contributed by atoms with Gasteiger partial charge in [0.1, 0.15) is 0 Å². The first-order chi connectivity index (χ1) is 4.79. The Morgan fingerprint density at radius 2 is 1.10 bits per heavy atom. The summed E-state index contributed by atoms with van der Waals surface area (Å²) in [6.07, 6.45) is 0. The molecule has 0 aromatic rings. The van der Waals surface area contributed by atoms with Crippen LogP contribution in [0.1, 0.15) is 0 Å². The van der Waals surface area contributed by atoms with Crippen molar-refractivity contribution >= 4 is 0 Å². The standard InChI is InChI=1S/C6H16N4/c1-9-3-7-5-10(2)6-8-4-9/h7-8H,3-6H2,1-2H3. The van der Waals surface area contributed by atoms with E-state index in [0.29, 0.717) is 0 Å². The van der Waals surface area contributed by atoms with Crippen molar-refractivity contribution in [1.29, 1.82) is 0 Å². The fourth-order valence-electron chi connectivity index (χ4n) is 0.975. The zero-order chi connectivity index (χ0) is 7.40. The minimum absolute atomic E-state index is 0.956. The van der Waals surface area contributed by atoms with Crippen LogP contribution in [0.25, 0.3) is 0 Å². The Morgan fingerprint density at radius 3 is 1.40 bits per heavy atom. The summed E-state index contributed by atoms with van der Waals surface area (Å²) in [6.45, 7) is 3.82. The topological polar surface area (TPSA) is 30.5 Å². The lowest BCUT2D eigenvalue weighted by Crippen LogP contribution is -2.48. The molecule has 0 atom stereocenters. The molecule has 0 radical (unpaired) electrons. The summed E-state index contributed by atoms with van der Waals surface area (Å²) in [5.41, 5.74) is 0. The molecule has 0 aromatic carbocycles. The van der Waals surface area contributed by atoms with Crippen LogP contribution in [-0.2, 0) is 0 Å². The molecule has 1 fully saturated rings. The van der Waals surface area contributed by atoms with Crippen molar-refractivity contribution in [2.45, 2.75) is 0 Å². The highest BCUT2D eigenvalue weighted by molar-refractivity contribution is 4.54. The number of hydrogen-bond donors (Lipinski definition) is 2. The molecule has 0 unspecified atom stereocenters. The van der Waals surface area contributed by atoms with Crippen LogP contribution in [0.5, 0.6) is 0 Å². The molecule has 4 heteroatoms. The summed E-state index contributed by atoms with van der Waals surface area (Å²) < 4.78 is 0. The molecule has 60 valence electrons. The van der Waals surface area contributed by atoms with Crippen molar-refractivity contribution in [3.63, 3.8) is 0 Å². The van der Waals surface area contributed by atoms with Gasteiger partial charge in [-0.15, -0.1) is 0 Å². The Morgan fingerprint density at radius 1 is 0.800 bits per heavy atom. The minimum Gasteiger partial charge on any atom is -0.291 e. The monoisotopic (exact) mass is 144 g/mol. The summed E-state index contributed by atoms with van der Waals surface area (Å²) >= 11 is 0. The molecule has 1 heterocycles. The van der Waals surface area contributed by atoms with Crippen molar-refractivity contribution in [2.24, 2.45) is 0 Å². The normalized spacial score (nSPS) is 25.8. The first-order valence-electron chi connectivity index (χ1n) is 3.57. The van der Waals surface area contributed by atoms with E-state index in [0.717, 1.165) is 26.7 Å². The van der Waals surface area contributed by atoms with Crippen molar-refractivity contribution in [3.05, 3.63) is 0 Å². The van der Waals surface area contributed by atoms with Gasteiger partial charge in [-0.3, -0.25) is 20.4 Å². The average Bonchev–Trinajstić information content (AvgIpc) is 1.84. The second-order valence-electron chi connectivity index (χ2n) is 2.84. The summed E-state index contributed by atoms with van der Waals surface area (Å²) in [4.78, 5) is 4.40. The molecule has 1 rings (SSSR count). The smallest absolute Gasteiger partial charge is 0.0499 e. The van der Waals surface area contributed by atoms with Gasteiger partial charge in [0.2, 0.25) is 0 Å². The number of hydrogen-bond acceptors (Lipinski definition) is 4. The maximum Gasteiger partial charge on any atom is 0.0499 e. The lowest BCUT2D eigenvalue weighted by Gasteiger charge is -2.26. The lowest BCUT2D eigenvalue weighted by molar-refractivity contribution is 0.179. The van der Waals surface area contributed by atoms with E-state index in [2.05, 4.69) is 34.5 Å². The Bertz CT molecular complexity index is 75.7. The Labute approximate surface area is 62.2 Å². The molecule has 1 aliphatic heterocycles. The molecule has 2 N–H and O–H groups in total. The molecule has 0 aliphatic carbocycles. The number of nitrogens with one attached hydrogen (secondary N) is 2. The van der Waals surface area contributed by atoms with Gasteiger partial charge in [-0.05, 0) is 14.1 Å². The molecular formula is C6H16N4. The second kappa shape index (κ2) is 3.88. The summed E-state index contributed by atoms with van der Waals surface area (Å²) in [6, 6.07) is 0. The zero-order valence-electron chi connectivity index (χ0n) is 6.72. The van der Waals surface area contributed by atoms with E-state index in [9.17, 15) is 0 Å². The van der Waals surface area contributed by atoms with Gasteiger partial charge in [-0.25, -0.2) is 0 Å². The fraction of sp³-hybridized carbons (Fsp3) is 1.00. The highest BCUT2D eigenvalue weighted by atomic mass is 15.4. The first-order valence-corrected chi connectivity index (χ1v) is 3.57. The SMILES string of the molecule is CN1CNCN(C)CNC1. The maximum absolute atomic E-state index is 3.30. The number of nitrogens with zero attached hydrogens (tertiary/aromatic N) is 2. The van der Waals surface area contributed by atoms with E-state index >= 15 is 0 Å². The average molecular weight is 144 g/mol. The van der Waals surface area contributed by atoms with Gasteiger partial charge in [-0.2, -0.15) is 0 Å². The molecule has 4 nitrogen and oxygen atoms in total. The zero-order valence-corrected chi connectivity index (χ0v) is 6.72. The number of rotatable bonds is 0. The first kappa shape index (κ1) is 7.94. The van der Waals surface area contributed by atoms with Gasteiger partial charge < -0.3 is 0 Å². The summed E-state index contributed by atoms with van der Waals surface area (Å²) in [5, 5.41) is 6.60. The van der Waals surface area contributed by atoms with Crippen LogP contribution < -0.4 is 10.6 Å². The van der Waals surface area contributed by atoms with Crippen LogP contribution in [0.15, 0.2) is 0 Å². The van der Waals surface area contributed by atoms with Gasteiger partial charge in [0.15, 0.2) is 0 Å². The van der Waals surface area contributed by atoms with E-state index in [-0.39, 0.29) is 0 Å². The van der Waals surface area contributed by atoms with Gasteiger partial charge in [0, 0.05) is 26.7 Å². The molecule has 1 saturated heterocycles. The molecule has 10 heavy (non-hydrogen) atoms. The Kier molecular flexibility index (Phi) is 3.08. The van der Waals surface area contributed by atoms with E-state index in [1.807, 2.05) is 0 Å². The van der Waals surface area contributed by atoms with Crippen LogP contribution in [0, 0.1) is 0 Å². The van der Waals surface area contributed by atoms with Gasteiger partial charge in [0.25, 0.3) is 0 Å². The van der Waals surface area contributed by atoms with E-state index in [1.165, 1.54) is 0 Å². The second-order valence-corrected chi connectivity index (χ2v) is 2.84. The van der Waals surface area contributed by atoms with Crippen molar-refractivity contribution in [3.8, 4) is 0 Å². The lowest BCUT2D eigenvalue weighted by atomic mass is 10.7. The third kappa shape index (κ3) is 2.62. The van der Waals surface area contributed by atoms with Crippen LogP contribution in [0.4, 0.5) is 0 Å². The van der Waals surface area contributed by atoms with Gasteiger partial charge in [0.05, 0.1) is 0 Å². The molecule has 0 bridgehead atoms. The third-order valence-corrected chi connectivity index (χ3v) is 1.53. The van der Waals surface area contributed by atoms with Crippen LogP contribution in [-0.4, -0.2) is 50.6 Å². The van der Waals surface area contributed by atoms with Gasteiger partial charge in [-0.1, -0.05) is 0 Å². The highest BCUT2D eigenvalue weighted by Gasteiger charge is 2.03. The Balaban J connectivity index is 2.21. The van der Waals surface area contributed by atoms with Crippen LogP contribution in [0.3, 0.4) is 0 Å². The molecule has 0 aromatic heterocycles. The Hall–Kier alpha value is -0.160. The molecule has 0 amide bonds. The maximum atomic E-state index is 3.30. The third-order valence-electron chi connectivity index (χ3n) is 1.53. The van der Waals surface area contributed by atoms with E-state index in [1.54, 1.807) is 0 Å². The molecule has 0 spiro atoms. The van der Waals surface area contributed by atoms with Crippen molar-refractivity contribution in [2.75, 3.05) is 40.8 Å². The predicted molar refractivity (Wildman–Crippen MR) is 41.3 cm³/mol.